The molecule has 1 aromatic carbocycles. The van der Waals surface area contributed by atoms with Gasteiger partial charge in [0, 0.05) is 29.6 Å². The quantitative estimate of drug-likeness (QED) is 0.688. The lowest BCUT2D eigenvalue weighted by molar-refractivity contribution is -0.0158. The number of thiazole rings is 1. The molecule has 112 valence electrons. The van der Waals surface area contributed by atoms with Gasteiger partial charge in [-0.3, -0.25) is 4.79 Å². The average Bonchev–Trinajstić information content (AvgIpc) is 3.17. The molecule has 0 saturated heterocycles. The van der Waals surface area contributed by atoms with Crippen LogP contribution in [0.15, 0.2) is 40.4 Å². The molecule has 3 aromatic rings. The summed E-state index contributed by atoms with van der Waals surface area (Å²) in [6.45, 7) is 0.681. The summed E-state index contributed by atoms with van der Waals surface area (Å²) in [5.74, 6) is -4.09. The monoisotopic (exact) mass is 321 g/mol. The van der Waals surface area contributed by atoms with Crippen LogP contribution >= 0.6 is 11.3 Å². The highest BCUT2D eigenvalue weighted by Gasteiger charge is 2.32. The Morgan fingerprint density at radius 2 is 2.00 bits per heavy atom. The first-order valence-corrected chi connectivity index (χ1v) is 7.10. The fourth-order valence-corrected chi connectivity index (χ4v) is 2.35. The maximum Gasteiger partial charge on any atom is 0.322 e. The number of alkyl halides is 2. The van der Waals surface area contributed by atoms with Crippen molar-refractivity contribution in [2.45, 2.75) is 12.8 Å². The van der Waals surface area contributed by atoms with Gasteiger partial charge in [-0.15, -0.1) is 11.3 Å². The molecule has 0 atom stereocenters. The van der Waals surface area contributed by atoms with Crippen LogP contribution in [0.2, 0.25) is 0 Å². The average molecular weight is 321 g/mol. The number of benzene rings is 1. The molecule has 3 rings (SSSR count). The molecule has 0 aliphatic rings. The molecule has 0 spiro atoms. The van der Waals surface area contributed by atoms with Crippen LogP contribution in [0.3, 0.4) is 0 Å². The zero-order valence-corrected chi connectivity index (χ0v) is 12.1. The Kier molecular flexibility index (Phi) is 3.53. The van der Waals surface area contributed by atoms with E-state index in [2.05, 4.69) is 19.6 Å². The van der Waals surface area contributed by atoms with Gasteiger partial charge in [-0.2, -0.15) is 13.8 Å². The van der Waals surface area contributed by atoms with Crippen LogP contribution in [0.5, 0.6) is 0 Å². The predicted octanol–water partition coefficient (Wildman–Crippen LogP) is 3.54. The van der Waals surface area contributed by atoms with Crippen LogP contribution in [0.4, 0.5) is 8.78 Å². The molecule has 8 heteroatoms. The number of aromatic nitrogens is 3. The minimum atomic E-state index is -3.19. The maximum atomic E-state index is 13.1. The second-order valence-corrected chi connectivity index (χ2v) is 5.45. The SMILES string of the molecule is CC(F)(F)c1nc(-c2ccc(C(=O)c3nccs3)cc2)no1. The molecule has 0 N–H and O–H groups in total. The third-order valence-corrected chi connectivity index (χ3v) is 3.61. The summed E-state index contributed by atoms with van der Waals surface area (Å²) in [6.07, 6.45) is 1.55. The second-order valence-electron chi connectivity index (χ2n) is 4.56. The number of hydrogen-bond donors (Lipinski definition) is 0. The molecule has 0 unspecified atom stereocenters. The summed E-state index contributed by atoms with van der Waals surface area (Å²) < 4.78 is 30.7. The molecule has 0 fully saturated rings. The molecular weight excluding hydrogens is 312 g/mol. The molecule has 0 bridgehead atoms. The molecule has 2 aromatic heterocycles. The largest absolute Gasteiger partial charge is 0.332 e. The van der Waals surface area contributed by atoms with Crippen molar-refractivity contribution in [3.05, 3.63) is 52.3 Å². The third-order valence-electron chi connectivity index (χ3n) is 2.83. The number of carbonyl (C=O) groups is 1. The van der Waals surface area contributed by atoms with E-state index < -0.39 is 11.8 Å². The van der Waals surface area contributed by atoms with Crippen molar-refractivity contribution in [1.82, 2.24) is 15.1 Å². The van der Waals surface area contributed by atoms with Gasteiger partial charge in [0.2, 0.25) is 11.6 Å². The van der Waals surface area contributed by atoms with Gasteiger partial charge >= 0.3 is 5.92 Å². The van der Waals surface area contributed by atoms with E-state index >= 15 is 0 Å². The summed E-state index contributed by atoms with van der Waals surface area (Å²) in [5.41, 5.74) is 0.929. The molecule has 2 heterocycles. The number of ketones is 1. The molecule has 0 saturated carbocycles. The van der Waals surface area contributed by atoms with Gasteiger partial charge in [-0.1, -0.05) is 29.4 Å². The number of carbonyl (C=O) groups excluding carboxylic acids is 1. The predicted molar refractivity (Wildman–Crippen MR) is 74.8 cm³/mol. The van der Waals surface area contributed by atoms with Crippen LogP contribution in [0, 0.1) is 0 Å². The van der Waals surface area contributed by atoms with Gasteiger partial charge in [-0.25, -0.2) is 4.98 Å². The summed E-state index contributed by atoms with van der Waals surface area (Å²) in [6, 6.07) is 6.28. The van der Waals surface area contributed by atoms with E-state index in [0.29, 0.717) is 23.1 Å². The van der Waals surface area contributed by atoms with Gasteiger partial charge in [0.25, 0.3) is 5.89 Å². The van der Waals surface area contributed by atoms with Crippen molar-refractivity contribution in [2.75, 3.05) is 0 Å². The number of halogens is 2. The summed E-state index contributed by atoms with van der Waals surface area (Å²) in [7, 11) is 0. The number of rotatable bonds is 4. The Morgan fingerprint density at radius 1 is 1.27 bits per heavy atom. The summed E-state index contributed by atoms with van der Waals surface area (Å²) in [5, 5.41) is 5.62. The highest BCUT2D eigenvalue weighted by molar-refractivity contribution is 7.11. The molecule has 0 aliphatic carbocycles. The minimum Gasteiger partial charge on any atom is -0.332 e. The Morgan fingerprint density at radius 3 is 2.55 bits per heavy atom. The van der Waals surface area contributed by atoms with Gasteiger partial charge in [0.1, 0.15) is 0 Å². The van der Waals surface area contributed by atoms with Crippen LogP contribution in [0.1, 0.15) is 28.2 Å². The van der Waals surface area contributed by atoms with E-state index in [1.165, 1.54) is 11.3 Å². The van der Waals surface area contributed by atoms with E-state index in [0.717, 1.165) is 0 Å². The van der Waals surface area contributed by atoms with E-state index in [9.17, 15) is 13.6 Å². The Balaban J connectivity index is 1.85. The number of hydrogen-bond acceptors (Lipinski definition) is 6. The van der Waals surface area contributed by atoms with Crippen LogP contribution in [-0.4, -0.2) is 20.9 Å². The van der Waals surface area contributed by atoms with Crippen LogP contribution < -0.4 is 0 Å². The van der Waals surface area contributed by atoms with Crippen molar-refractivity contribution in [2.24, 2.45) is 0 Å². The molecule has 5 nitrogen and oxygen atoms in total. The van der Waals surface area contributed by atoms with Crippen molar-refractivity contribution in [3.8, 4) is 11.4 Å². The molecule has 0 radical (unpaired) electrons. The van der Waals surface area contributed by atoms with E-state index in [1.807, 2.05) is 0 Å². The standard InChI is InChI=1S/C14H9F2N3O2S/c1-14(15,16)13-18-11(19-21-13)9-4-2-8(3-5-9)10(20)12-17-6-7-22-12/h2-7H,1H3. The zero-order chi connectivity index (χ0) is 15.7. The van der Waals surface area contributed by atoms with Gasteiger partial charge in [-0.05, 0) is 0 Å². The van der Waals surface area contributed by atoms with E-state index in [4.69, 9.17) is 0 Å². The van der Waals surface area contributed by atoms with Gasteiger partial charge < -0.3 is 4.52 Å². The highest BCUT2D eigenvalue weighted by atomic mass is 32.1. The Labute approximate surface area is 127 Å². The van der Waals surface area contributed by atoms with Crippen molar-refractivity contribution >= 4 is 17.1 Å². The Hall–Kier alpha value is -2.48. The minimum absolute atomic E-state index is 0.0461. The lowest BCUT2D eigenvalue weighted by Gasteiger charge is -2.01. The third kappa shape index (κ3) is 2.77. The molecule has 22 heavy (non-hydrogen) atoms. The normalized spacial score (nSPS) is 11.6. The second kappa shape index (κ2) is 5.38. The van der Waals surface area contributed by atoms with Gasteiger partial charge in [0.05, 0.1) is 0 Å². The summed E-state index contributed by atoms with van der Waals surface area (Å²) in [4.78, 5) is 19.7. The van der Waals surface area contributed by atoms with Crippen LogP contribution in [-0.2, 0) is 5.92 Å². The first-order valence-electron chi connectivity index (χ1n) is 6.22. The topological polar surface area (TPSA) is 68.9 Å². The zero-order valence-electron chi connectivity index (χ0n) is 11.3. The number of nitrogens with zero attached hydrogens (tertiary/aromatic N) is 3. The smallest absolute Gasteiger partial charge is 0.322 e. The first kappa shape index (κ1) is 14.5. The van der Waals surface area contributed by atoms with Gasteiger partial charge in [0.15, 0.2) is 5.01 Å². The van der Waals surface area contributed by atoms with E-state index in [1.54, 1.807) is 35.8 Å². The molecule has 0 amide bonds. The molecular formula is C14H9F2N3O2S. The lowest BCUT2D eigenvalue weighted by atomic mass is 10.1. The fraction of sp³-hybridized carbons (Fsp3) is 0.143. The van der Waals surface area contributed by atoms with Crippen molar-refractivity contribution < 1.29 is 18.1 Å². The highest BCUT2D eigenvalue weighted by Crippen LogP contribution is 2.27. The fourth-order valence-electron chi connectivity index (χ4n) is 1.75. The molecule has 0 aliphatic heterocycles. The van der Waals surface area contributed by atoms with Crippen molar-refractivity contribution in [1.29, 1.82) is 0 Å². The van der Waals surface area contributed by atoms with Crippen molar-refractivity contribution in [3.63, 3.8) is 0 Å². The Bertz CT molecular complexity index is 792. The summed E-state index contributed by atoms with van der Waals surface area (Å²) >= 11 is 1.25. The lowest BCUT2D eigenvalue weighted by Crippen LogP contribution is -2.07. The maximum absolute atomic E-state index is 13.1. The van der Waals surface area contributed by atoms with E-state index in [-0.39, 0.29) is 11.6 Å². The van der Waals surface area contributed by atoms with Crippen LogP contribution in [0.25, 0.3) is 11.4 Å². The first-order chi connectivity index (χ1) is 10.4.